The topological polar surface area (TPSA) is 105 Å². The van der Waals surface area contributed by atoms with E-state index in [-0.39, 0.29) is 26.1 Å². The zero-order valence-electron chi connectivity index (χ0n) is 36.7. The fraction of sp³-hybridized carbons (Fsp3) is 0.226. The molecule has 0 saturated carbocycles. The molecular formula is C53H60N3O5+. The molecule has 2 unspecified atom stereocenters. The fourth-order valence-electron chi connectivity index (χ4n) is 6.03. The standard InChI is InChI=1S/C19H23NO2.C15H11N.C12H19NO2.C7H6O/c1-3-21-19(22-4-2)18(17-13-9-6-10-14-17)20-15-16-11-7-5-8-12-16;1-2-6-12(7-3-1)15-10-13-8-4-5-9-14(13)11-16-15;1-3-14-12(15-4-2)11(13)10-8-6-5-7-9-10;8-6-7-4-2-1-3-5-7/h5-15,18-19H,3-4H2,1-2H3;1-11H;5-9,11-12H,3-4,13H2,1-2H3;1-6H/p+1. The molecule has 0 radical (unpaired) electrons. The number of hydrogen-bond donors (Lipinski definition) is 1. The lowest BCUT2D eigenvalue weighted by atomic mass is 10.1. The molecule has 2 atom stereocenters. The highest BCUT2D eigenvalue weighted by molar-refractivity contribution is 5.85. The van der Waals surface area contributed by atoms with Crippen molar-refractivity contribution >= 4 is 23.3 Å². The van der Waals surface area contributed by atoms with Gasteiger partial charge in [0.25, 0.3) is 0 Å². The van der Waals surface area contributed by atoms with Gasteiger partial charge in [-0.3, -0.25) is 14.8 Å². The molecule has 0 aliphatic heterocycles. The van der Waals surface area contributed by atoms with Crippen LogP contribution in [0.1, 0.15) is 68.3 Å². The van der Waals surface area contributed by atoms with E-state index in [0.29, 0.717) is 26.4 Å². The van der Waals surface area contributed by atoms with Crippen LogP contribution in [0.4, 0.5) is 0 Å². The third-order valence-electron chi connectivity index (χ3n) is 9.02. The number of rotatable bonds is 16. The Bertz CT molecular complexity index is 2200. The largest absolute Gasteiger partial charge is 1.00 e. The summed E-state index contributed by atoms with van der Waals surface area (Å²) in [7, 11) is 0. The lowest BCUT2D eigenvalue weighted by Gasteiger charge is -2.24. The van der Waals surface area contributed by atoms with Crippen molar-refractivity contribution in [3.05, 3.63) is 210 Å². The first-order valence-corrected chi connectivity index (χ1v) is 20.8. The molecule has 0 spiro atoms. The minimum absolute atomic E-state index is 0. The molecule has 6 aromatic carbocycles. The minimum atomic E-state index is -0.377. The van der Waals surface area contributed by atoms with E-state index in [2.05, 4.69) is 53.5 Å². The van der Waals surface area contributed by atoms with E-state index >= 15 is 0 Å². The molecule has 0 amide bonds. The average molecular weight is 819 g/mol. The van der Waals surface area contributed by atoms with Gasteiger partial charge < -0.3 is 24.7 Å². The number of ether oxygens (including phenoxy) is 4. The predicted molar refractivity (Wildman–Crippen MR) is 251 cm³/mol. The van der Waals surface area contributed by atoms with E-state index < -0.39 is 0 Å². The summed E-state index contributed by atoms with van der Waals surface area (Å²) in [6.07, 6.45) is 3.90. The van der Waals surface area contributed by atoms with Crippen LogP contribution in [0.3, 0.4) is 0 Å². The number of aldehydes is 1. The molecule has 0 fully saturated rings. The van der Waals surface area contributed by atoms with Crippen molar-refractivity contribution in [2.24, 2.45) is 10.7 Å². The third-order valence-corrected chi connectivity index (χ3v) is 9.02. The van der Waals surface area contributed by atoms with Crippen molar-refractivity contribution in [2.45, 2.75) is 52.4 Å². The van der Waals surface area contributed by atoms with Gasteiger partial charge in [0.15, 0.2) is 12.6 Å². The second kappa shape index (κ2) is 28.4. The summed E-state index contributed by atoms with van der Waals surface area (Å²) in [5.74, 6) is 0. The Morgan fingerprint density at radius 3 is 1.46 bits per heavy atom. The van der Waals surface area contributed by atoms with E-state index in [1.807, 2.05) is 161 Å². The van der Waals surface area contributed by atoms with Crippen LogP contribution in [0.5, 0.6) is 0 Å². The zero-order chi connectivity index (χ0) is 43.3. The monoisotopic (exact) mass is 818 g/mol. The lowest BCUT2D eigenvalue weighted by molar-refractivity contribution is -0.149. The van der Waals surface area contributed by atoms with E-state index in [4.69, 9.17) is 29.7 Å². The molecule has 8 heteroatoms. The Morgan fingerprint density at radius 1 is 0.541 bits per heavy atom. The second-order valence-electron chi connectivity index (χ2n) is 13.4. The molecule has 8 nitrogen and oxygen atoms in total. The summed E-state index contributed by atoms with van der Waals surface area (Å²) in [4.78, 5) is 19.2. The third kappa shape index (κ3) is 16.8. The highest BCUT2D eigenvalue weighted by Gasteiger charge is 2.23. The molecular weight excluding hydrogens is 759 g/mol. The molecule has 1 aromatic heterocycles. The van der Waals surface area contributed by atoms with Crippen LogP contribution >= 0.6 is 0 Å². The normalized spacial score (nSPS) is 11.7. The van der Waals surface area contributed by atoms with Gasteiger partial charge in [0.2, 0.25) is 0 Å². The van der Waals surface area contributed by atoms with Crippen LogP contribution in [0.15, 0.2) is 193 Å². The Balaban J connectivity index is 0.000000229. The highest BCUT2D eigenvalue weighted by atomic mass is 16.7. The fourth-order valence-corrected chi connectivity index (χ4v) is 6.03. The van der Waals surface area contributed by atoms with Crippen LogP contribution in [-0.4, -0.2) is 56.5 Å². The number of nitrogens with zero attached hydrogens (tertiary/aromatic N) is 2. The van der Waals surface area contributed by atoms with Crippen molar-refractivity contribution in [3.63, 3.8) is 0 Å². The molecule has 7 aromatic rings. The zero-order valence-corrected chi connectivity index (χ0v) is 35.7. The predicted octanol–water partition coefficient (Wildman–Crippen LogP) is 11.8. The summed E-state index contributed by atoms with van der Waals surface area (Å²) in [6, 6.07) is 59.4. The number of benzene rings is 6. The first kappa shape index (κ1) is 47.5. The maximum atomic E-state index is 10.0. The van der Waals surface area contributed by atoms with Gasteiger partial charge in [-0.25, -0.2) is 0 Å². The second-order valence-corrected chi connectivity index (χ2v) is 13.4. The number of carbonyl (C=O) groups excluding carboxylic acids is 1. The van der Waals surface area contributed by atoms with E-state index in [1.165, 1.54) is 10.8 Å². The molecule has 316 valence electrons. The number of carbonyl (C=O) groups is 1. The van der Waals surface area contributed by atoms with Crippen molar-refractivity contribution in [1.29, 1.82) is 0 Å². The SMILES string of the molecule is CCOC(OCC)C(N)c1ccccc1.CCOC(OCC)C(N=Cc1ccccc1)c1ccccc1.O=Cc1ccccc1.[H+].c1ccc(-c2cc3ccccc3cn2)cc1. The number of pyridine rings is 1. The number of hydrogen-bond acceptors (Lipinski definition) is 8. The molecule has 0 aliphatic rings. The van der Waals surface area contributed by atoms with Crippen LogP contribution in [0.25, 0.3) is 22.0 Å². The maximum Gasteiger partial charge on any atom is 1.00 e. The molecule has 61 heavy (non-hydrogen) atoms. The van der Waals surface area contributed by atoms with Crippen molar-refractivity contribution in [3.8, 4) is 11.3 Å². The van der Waals surface area contributed by atoms with Gasteiger partial charge in [-0.15, -0.1) is 0 Å². The van der Waals surface area contributed by atoms with Crippen molar-refractivity contribution < 1.29 is 25.2 Å². The smallest absolute Gasteiger partial charge is 0.351 e. The maximum absolute atomic E-state index is 10.0. The highest BCUT2D eigenvalue weighted by Crippen LogP contribution is 2.25. The summed E-state index contributed by atoms with van der Waals surface area (Å²) < 4.78 is 22.4. The molecule has 7 rings (SSSR count). The quantitative estimate of drug-likeness (QED) is 0.0588. The number of aliphatic imine (C=N–C) groups is 1. The van der Waals surface area contributed by atoms with Crippen LogP contribution in [0, 0.1) is 0 Å². The van der Waals surface area contributed by atoms with Gasteiger partial charge in [-0.2, -0.15) is 0 Å². The lowest BCUT2D eigenvalue weighted by Crippen LogP contribution is -2.31. The molecule has 0 aliphatic carbocycles. The Morgan fingerprint density at radius 2 is 0.967 bits per heavy atom. The van der Waals surface area contributed by atoms with E-state index in [1.54, 1.807) is 12.1 Å². The van der Waals surface area contributed by atoms with Gasteiger partial charge in [-0.05, 0) is 55.8 Å². The van der Waals surface area contributed by atoms with Gasteiger partial charge in [0, 0.05) is 55.4 Å². The summed E-state index contributed by atoms with van der Waals surface area (Å²) in [5.41, 5.74) is 12.2. The average Bonchev–Trinajstić information content (AvgIpc) is 3.33. The number of fused-ring (bicyclic) bond motifs is 1. The number of nitrogens with two attached hydrogens (primary N) is 1. The summed E-state index contributed by atoms with van der Waals surface area (Å²) in [6.45, 7) is 10.2. The first-order chi connectivity index (χ1) is 30.0. The van der Waals surface area contributed by atoms with E-state index in [0.717, 1.165) is 39.8 Å². The molecule has 0 saturated heterocycles. The van der Waals surface area contributed by atoms with E-state index in [9.17, 15) is 4.79 Å². The summed E-state index contributed by atoms with van der Waals surface area (Å²) >= 11 is 0. The summed E-state index contributed by atoms with van der Waals surface area (Å²) in [5, 5.41) is 2.42. The van der Waals surface area contributed by atoms with Crippen LogP contribution in [-0.2, 0) is 18.9 Å². The molecule has 1 heterocycles. The Kier molecular flexibility index (Phi) is 22.1. The van der Waals surface area contributed by atoms with Gasteiger partial charge in [0.1, 0.15) is 12.3 Å². The van der Waals surface area contributed by atoms with Crippen LogP contribution in [0.2, 0.25) is 0 Å². The number of aromatic nitrogens is 1. The van der Waals surface area contributed by atoms with Gasteiger partial charge >= 0.3 is 1.43 Å². The Labute approximate surface area is 363 Å². The first-order valence-electron chi connectivity index (χ1n) is 20.8. The Hall–Kier alpha value is -6.13. The molecule has 0 bridgehead atoms. The van der Waals surface area contributed by atoms with Crippen LogP contribution < -0.4 is 5.73 Å². The van der Waals surface area contributed by atoms with Crippen molar-refractivity contribution in [2.75, 3.05) is 26.4 Å². The minimum Gasteiger partial charge on any atom is -0.351 e. The molecule has 2 N–H and O–H groups in total. The van der Waals surface area contributed by atoms with Crippen molar-refractivity contribution in [1.82, 2.24) is 4.98 Å². The van der Waals surface area contributed by atoms with Gasteiger partial charge in [-0.1, -0.05) is 176 Å². The van der Waals surface area contributed by atoms with Gasteiger partial charge in [0.05, 0.1) is 11.7 Å².